The number of nitrogens with zero attached hydrogens (tertiary/aromatic N) is 1. The van der Waals surface area contributed by atoms with Crippen molar-refractivity contribution in [1.82, 2.24) is 20.5 Å². The number of fused-ring (bicyclic) bond motifs is 2. The molecule has 1 aromatic heterocycles. The van der Waals surface area contributed by atoms with Crippen molar-refractivity contribution >= 4 is 28.6 Å². The quantitative estimate of drug-likeness (QED) is 0.416. The van der Waals surface area contributed by atoms with E-state index in [4.69, 9.17) is 10.5 Å². The number of carbonyl (C=O) groups excluding carboxylic acids is 3. The summed E-state index contributed by atoms with van der Waals surface area (Å²) in [7, 11) is 0. The summed E-state index contributed by atoms with van der Waals surface area (Å²) in [5.41, 5.74) is 7.81. The van der Waals surface area contributed by atoms with E-state index in [2.05, 4.69) is 41.6 Å². The number of aromatic nitrogens is 1. The second-order valence-electron chi connectivity index (χ2n) is 12.6. The van der Waals surface area contributed by atoms with Gasteiger partial charge in [0.1, 0.15) is 6.04 Å². The molecule has 5 rings (SSSR count). The van der Waals surface area contributed by atoms with Crippen LogP contribution in [0.4, 0.5) is 0 Å². The van der Waals surface area contributed by atoms with Crippen LogP contribution >= 0.6 is 0 Å². The number of allylic oxidation sites excluding steroid dienone is 2. The molecule has 3 aliphatic rings. The summed E-state index contributed by atoms with van der Waals surface area (Å²) in [6, 6.07) is 6.81. The number of hydrogen-bond acceptors (Lipinski definition) is 5. The summed E-state index contributed by atoms with van der Waals surface area (Å²) in [6.07, 6.45) is 10.4. The molecule has 2 saturated heterocycles. The van der Waals surface area contributed by atoms with Crippen LogP contribution in [0.1, 0.15) is 57.9 Å². The number of nitrogens with one attached hydrogen (secondary N) is 3. The number of para-hydroxylation sites is 1. The Labute approximate surface area is 242 Å². The summed E-state index contributed by atoms with van der Waals surface area (Å²) >= 11 is 0. The normalized spacial score (nSPS) is 26.9. The fourth-order valence-corrected chi connectivity index (χ4v) is 6.63. The zero-order chi connectivity index (χ0) is 29.0. The van der Waals surface area contributed by atoms with Crippen LogP contribution in [0, 0.1) is 17.3 Å². The minimum absolute atomic E-state index is 0.0450. The van der Waals surface area contributed by atoms with E-state index in [9.17, 15) is 14.4 Å². The van der Waals surface area contributed by atoms with Gasteiger partial charge < -0.3 is 31.0 Å². The second kappa shape index (κ2) is 12.8. The van der Waals surface area contributed by atoms with E-state index in [-0.39, 0.29) is 35.6 Å². The number of carbonyl (C=O) groups is 3. The molecular formula is C32H45N5O4. The third-order valence-electron chi connectivity index (χ3n) is 9.19. The number of ether oxygens (including phenoxy) is 1. The fourth-order valence-electron chi connectivity index (χ4n) is 6.63. The van der Waals surface area contributed by atoms with E-state index >= 15 is 0 Å². The number of amides is 3. The topological polar surface area (TPSA) is 130 Å². The molecule has 1 spiro atoms. The van der Waals surface area contributed by atoms with Gasteiger partial charge in [0.05, 0.1) is 18.1 Å². The lowest BCUT2D eigenvalue weighted by molar-refractivity contribution is -0.142. The predicted molar refractivity (Wildman–Crippen MR) is 159 cm³/mol. The molecule has 0 aliphatic carbocycles. The molecule has 222 valence electrons. The maximum atomic E-state index is 13.9. The Morgan fingerprint density at radius 1 is 1.15 bits per heavy atom. The van der Waals surface area contributed by atoms with Gasteiger partial charge in [-0.2, -0.15) is 0 Å². The first kappa shape index (κ1) is 29.3. The summed E-state index contributed by atoms with van der Waals surface area (Å²) in [5, 5.41) is 7.45. The van der Waals surface area contributed by atoms with Gasteiger partial charge in [-0.1, -0.05) is 44.2 Å². The molecule has 0 bridgehead atoms. The first-order valence-corrected chi connectivity index (χ1v) is 15.2. The molecule has 9 heteroatoms. The second-order valence-corrected chi connectivity index (χ2v) is 12.6. The maximum Gasteiger partial charge on any atom is 0.242 e. The maximum absolute atomic E-state index is 13.9. The molecule has 41 heavy (non-hydrogen) atoms. The lowest BCUT2D eigenvalue weighted by Crippen LogP contribution is -2.58. The highest BCUT2D eigenvalue weighted by Gasteiger charge is 2.43. The average Bonchev–Trinajstić information content (AvgIpc) is 3.37. The van der Waals surface area contributed by atoms with Crippen LogP contribution in [-0.4, -0.2) is 72.0 Å². The molecule has 1 aromatic carbocycles. The van der Waals surface area contributed by atoms with Crippen molar-refractivity contribution in [3.05, 3.63) is 48.2 Å². The Balaban J connectivity index is 1.28. The number of hydrogen-bond donors (Lipinski definition) is 4. The van der Waals surface area contributed by atoms with Gasteiger partial charge in [0, 0.05) is 48.8 Å². The summed E-state index contributed by atoms with van der Waals surface area (Å²) in [4.78, 5) is 45.7. The van der Waals surface area contributed by atoms with Gasteiger partial charge in [0.2, 0.25) is 17.7 Å². The molecule has 0 saturated carbocycles. The van der Waals surface area contributed by atoms with Crippen molar-refractivity contribution < 1.29 is 19.1 Å². The molecule has 2 fully saturated rings. The van der Waals surface area contributed by atoms with Crippen LogP contribution in [0.3, 0.4) is 0 Å². The van der Waals surface area contributed by atoms with Gasteiger partial charge >= 0.3 is 0 Å². The number of nitrogens with two attached hydrogens (primary N) is 1. The highest BCUT2D eigenvalue weighted by molar-refractivity contribution is 5.91. The van der Waals surface area contributed by atoms with E-state index in [0.717, 1.165) is 29.3 Å². The first-order chi connectivity index (χ1) is 19.8. The summed E-state index contributed by atoms with van der Waals surface area (Å²) in [5.74, 6) is 0.169. The van der Waals surface area contributed by atoms with Gasteiger partial charge in [-0.05, 0) is 62.5 Å². The van der Waals surface area contributed by atoms with E-state index in [0.29, 0.717) is 58.4 Å². The van der Waals surface area contributed by atoms with Crippen molar-refractivity contribution in [2.24, 2.45) is 23.0 Å². The van der Waals surface area contributed by atoms with Crippen LogP contribution in [0.25, 0.3) is 10.9 Å². The number of benzene rings is 1. The SMILES string of the molecule is CC(C)C[C@H]1NC(=O)C2(C/C=C/C[C@@H]3COCC[C@@H]3NC1=O)CCN(C(=O)[C@@H](N)Cc1c[nH]c3ccccc13)CC2. The third-order valence-corrected chi connectivity index (χ3v) is 9.19. The van der Waals surface area contributed by atoms with Crippen molar-refractivity contribution in [2.45, 2.75) is 76.9 Å². The van der Waals surface area contributed by atoms with Crippen molar-refractivity contribution in [3.8, 4) is 0 Å². The minimum Gasteiger partial charge on any atom is -0.381 e. The molecule has 2 aromatic rings. The molecule has 0 radical (unpaired) electrons. The summed E-state index contributed by atoms with van der Waals surface area (Å²) in [6.45, 7) is 6.31. The number of H-pyrrole nitrogens is 1. The fraction of sp³-hybridized carbons (Fsp3) is 0.594. The predicted octanol–water partition coefficient (Wildman–Crippen LogP) is 3.05. The Bertz CT molecular complexity index is 1260. The van der Waals surface area contributed by atoms with E-state index in [1.807, 2.05) is 30.5 Å². The third kappa shape index (κ3) is 6.67. The van der Waals surface area contributed by atoms with Gasteiger partial charge in [0.25, 0.3) is 0 Å². The number of likely N-dealkylation sites (tertiary alicyclic amines) is 1. The minimum atomic E-state index is -0.675. The van der Waals surface area contributed by atoms with Gasteiger partial charge in [0.15, 0.2) is 0 Å². The van der Waals surface area contributed by atoms with Crippen LogP contribution in [0.5, 0.6) is 0 Å². The number of piperidine rings is 1. The molecule has 4 atom stereocenters. The van der Waals surface area contributed by atoms with Gasteiger partial charge in [-0.15, -0.1) is 0 Å². The molecule has 3 amide bonds. The first-order valence-electron chi connectivity index (χ1n) is 15.2. The molecule has 9 nitrogen and oxygen atoms in total. The van der Waals surface area contributed by atoms with Gasteiger partial charge in [-0.25, -0.2) is 0 Å². The number of rotatable bonds is 5. The van der Waals surface area contributed by atoms with Gasteiger partial charge in [-0.3, -0.25) is 14.4 Å². The zero-order valence-electron chi connectivity index (χ0n) is 24.4. The van der Waals surface area contributed by atoms with Crippen molar-refractivity contribution in [3.63, 3.8) is 0 Å². The average molecular weight is 564 g/mol. The van der Waals surface area contributed by atoms with E-state index in [1.165, 1.54) is 0 Å². The molecule has 5 N–H and O–H groups in total. The van der Waals surface area contributed by atoms with E-state index in [1.54, 1.807) is 4.90 Å². The van der Waals surface area contributed by atoms with Crippen LogP contribution in [0.15, 0.2) is 42.6 Å². The lowest BCUT2D eigenvalue weighted by Gasteiger charge is -2.42. The van der Waals surface area contributed by atoms with Crippen LogP contribution in [-0.2, 0) is 25.5 Å². The Kier molecular flexibility index (Phi) is 9.14. The van der Waals surface area contributed by atoms with Crippen molar-refractivity contribution in [1.29, 1.82) is 0 Å². The lowest BCUT2D eigenvalue weighted by atomic mass is 9.74. The van der Waals surface area contributed by atoms with Crippen LogP contribution in [0.2, 0.25) is 0 Å². The van der Waals surface area contributed by atoms with E-state index < -0.39 is 17.5 Å². The monoisotopic (exact) mass is 563 g/mol. The Morgan fingerprint density at radius 3 is 2.71 bits per heavy atom. The number of aromatic amines is 1. The molecule has 4 heterocycles. The zero-order valence-corrected chi connectivity index (χ0v) is 24.4. The Hall–Kier alpha value is -3.17. The highest BCUT2D eigenvalue weighted by atomic mass is 16.5. The largest absolute Gasteiger partial charge is 0.381 e. The van der Waals surface area contributed by atoms with Crippen LogP contribution < -0.4 is 16.4 Å². The summed E-state index contributed by atoms with van der Waals surface area (Å²) < 4.78 is 5.72. The Morgan fingerprint density at radius 2 is 1.93 bits per heavy atom. The molecule has 0 unspecified atom stereocenters. The molecular weight excluding hydrogens is 518 g/mol. The van der Waals surface area contributed by atoms with Crippen molar-refractivity contribution in [2.75, 3.05) is 26.3 Å². The smallest absolute Gasteiger partial charge is 0.242 e. The highest BCUT2D eigenvalue weighted by Crippen LogP contribution is 2.37. The standard InChI is InChI=1S/C32H45N5O4/c1-21(2)17-28-29(38)35-26-10-16-41-20-22(26)7-5-6-11-32(31(40)36-28)12-14-37(15-13-32)30(39)25(33)18-23-19-34-27-9-4-3-8-24(23)27/h3-6,8-9,19,21-22,25-26,28,34H,7,10-18,20,33H2,1-2H3,(H,35,38)(H,36,40)/b6-5+/t22-,25+,26+,28-/m1/s1. The molecule has 3 aliphatic heterocycles.